The van der Waals surface area contributed by atoms with Gasteiger partial charge in [0.1, 0.15) is 0 Å². The zero-order chi connectivity index (χ0) is 8.97. The number of aromatic nitrogens is 2. The van der Waals surface area contributed by atoms with Gasteiger partial charge in [-0.05, 0) is 26.3 Å². The van der Waals surface area contributed by atoms with Gasteiger partial charge in [-0.3, -0.25) is 0 Å². The summed E-state index contributed by atoms with van der Waals surface area (Å²) in [6.07, 6.45) is 9.11. The molecule has 0 amide bonds. The number of hydrogen-bond acceptors (Lipinski definition) is 1. The van der Waals surface area contributed by atoms with Crippen molar-refractivity contribution in [2.75, 3.05) is 0 Å². The van der Waals surface area contributed by atoms with Crippen LogP contribution in [0, 0.1) is 0 Å². The molecule has 66 valence electrons. The van der Waals surface area contributed by atoms with Gasteiger partial charge in [-0.25, -0.2) is 4.98 Å². The number of allylic oxidation sites excluding steroid dienone is 1. The van der Waals surface area contributed by atoms with Gasteiger partial charge in [-0.2, -0.15) is 0 Å². The molecule has 0 saturated carbocycles. The van der Waals surface area contributed by atoms with Crippen molar-refractivity contribution in [3.05, 3.63) is 24.3 Å². The summed E-state index contributed by atoms with van der Waals surface area (Å²) in [5, 5.41) is 0. The van der Waals surface area contributed by atoms with Crippen molar-refractivity contribution < 1.29 is 0 Å². The molecule has 0 aliphatic carbocycles. The lowest BCUT2D eigenvalue weighted by Crippen LogP contribution is -2.00. The fraction of sp³-hybridized carbons (Fsp3) is 0.500. The predicted molar refractivity (Wildman–Crippen MR) is 51.9 cm³/mol. The molecule has 0 N–H and O–H groups in total. The van der Waals surface area contributed by atoms with Gasteiger partial charge in [0.15, 0.2) is 0 Å². The molecular weight excluding hydrogens is 148 g/mol. The van der Waals surface area contributed by atoms with E-state index in [1.54, 1.807) is 0 Å². The van der Waals surface area contributed by atoms with Gasteiger partial charge in [-0.1, -0.05) is 13.0 Å². The van der Waals surface area contributed by atoms with Crippen LogP contribution in [-0.4, -0.2) is 9.55 Å². The standard InChI is InChI=1S/C10H16N2/c1-4-5-6-10-7-11-8-12(10)9(2)3/h5-9H,4H2,1-3H3/b6-5+. The minimum absolute atomic E-state index is 0.490. The van der Waals surface area contributed by atoms with Crippen LogP contribution in [0.3, 0.4) is 0 Å². The van der Waals surface area contributed by atoms with Crippen molar-refractivity contribution in [1.29, 1.82) is 0 Å². The molecule has 0 aliphatic rings. The summed E-state index contributed by atoms with van der Waals surface area (Å²) in [7, 11) is 0. The first-order chi connectivity index (χ1) is 5.75. The van der Waals surface area contributed by atoms with Gasteiger partial charge in [0.05, 0.1) is 18.2 Å². The molecule has 0 bridgehead atoms. The summed E-state index contributed by atoms with van der Waals surface area (Å²) in [5.74, 6) is 0. The molecule has 2 nitrogen and oxygen atoms in total. The van der Waals surface area contributed by atoms with Crippen LogP contribution < -0.4 is 0 Å². The quantitative estimate of drug-likeness (QED) is 0.671. The van der Waals surface area contributed by atoms with Gasteiger partial charge in [0.2, 0.25) is 0 Å². The SMILES string of the molecule is CC/C=C/c1cncn1C(C)C. The van der Waals surface area contributed by atoms with Crippen molar-refractivity contribution in [2.24, 2.45) is 0 Å². The van der Waals surface area contributed by atoms with Crippen molar-refractivity contribution >= 4 is 6.08 Å². The first-order valence-corrected chi connectivity index (χ1v) is 4.44. The molecular formula is C10H16N2. The Morgan fingerprint density at radius 1 is 1.58 bits per heavy atom. The van der Waals surface area contributed by atoms with E-state index in [1.807, 2.05) is 12.5 Å². The van der Waals surface area contributed by atoms with Gasteiger partial charge < -0.3 is 4.57 Å². The highest BCUT2D eigenvalue weighted by molar-refractivity contribution is 5.43. The van der Waals surface area contributed by atoms with Crippen molar-refractivity contribution in [2.45, 2.75) is 33.2 Å². The predicted octanol–water partition coefficient (Wildman–Crippen LogP) is 2.89. The molecule has 0 saturated heterocycles. The Labute approximate surface area is 73.9 Å². The maximum absolute atomic E-state index is 4.11. The van der Waals surface area contributed by atoms with Crippen molar-refractivity contribution in [1.82, 2.24) is 9.55 Å². The first-order valence-electron chi connectivity index (χ1n) is 4.44. The Morgan fingerprint density at radius 2 is 2.33 bits per heavy atom. The fourth-order valence-corrected chi connectivity index (χ4v) is 1.11. The second-order valence-corrected chi connectivity index (χ2v) is 3.13. The third-order valence-electron chi connectivity index (χ3n) is 1.78. The average molecular weight is 164 g/mol. The Bertz CT molecular complexity index is 259. The lowest BCUT2D eigenvalue weighted by molar-refractivity contribution is 0.595. The molecule has 1 aromatic heterocycles. The molecule has 0 unspecified atom stereocenters. The van der Waals surface area contributed by atoms with Crippen molar-refractivity contribution in [3.8, 4) is 0 Å². The number of imidazole rings is 1. The van der Waals surface area contributed by atoms with E-state index in [9.17, 15) is 0 Å². The number of rotatable bonds is 3. The summed E-state index contributed by atoms with van der Waals surface area (Å²) in [5.41, 5.74) is 1.19. The van der Waals surface area contributed by atoms with E-state index in [-0.39, 0.29) is 0 Å². The van der Waals surface area contributed by atoms with Crippen LogP contribution in [0.15, 0.2) is 18.6 Å². The first kappa shape index (κ1) is 9.04. The van der Waals surface area contributed by atoms with Crippen LogP contribution in [0.2, 0.25) is 0 Å². The Balaban J connectivity index is 2.84. The third-order valence-corrected chi connectivity index (χ3v) is 1.78. The van der Waals surface area contributed by atoms with E-state index >= 15 is 0 Å². The highest BCUT2D eigenvalue weighted by Crippen LogP contribution is 2.10. The second kappa shape index (κ2) is 4.10. The minimum atomic E-state index is 0.490. The Kier molecular flexibility index (Phi) is 3.09. The summed E-state index contributed by atoms with van der Waals surface area (Å²) in [6.45, 7) is 6.45. The third kappa shape index (κ3) is 1.97. The summed E-state index contributed by atoms with van der Waals surface area (Å²) in [6, 6.07) is 0.490. The summed E-state index contributed by atoms with van der Waals surface area (Å²) < 4.78 is 2.16. The van der Waals surface area contributed by atoms with Crippen LogP contribution in [0.25, 0.3) is 6.08 Å². The van der Waals surface area contributed by atoms with Gasteiger partial charge in [0.25, 0.3) is 0 Å². The molecule has 0 radical (unpaired) electrons. The second-order valence-electron chi connectivity index (χ2n) is 3.13. The Hall–Kier alpha value is -1.05. The van der Waals surface area contributed by atoms with Gasteiger partial charge in [0, 0.05) is 6.04 Å². The van der Waals surface area contributed by atoms with E-state index in [0.717, 1.165) is 6.42 Å². The lowest BCUT2D eigenvalue weighted by atomic mass is 10.3. The topological polar surface area (TPSA) is 17.8 Å². The fourth-order valence-electron chi connectivity index (χ4n) is 1.11. The minimum Gasteiger partial charge on any atom is -0.329 e. The Morgan fingerprint density at radius 3 is 2.92 bits per heavy atom. The maximum Gasteiger partial charge on any atom is 0.0953 e. The normalized spacial score (nSPS) is 11.7. The van der Waals surface area contributed by atoms with Crippen LogP contribution >= 0.6 is 0 Å². The summed E-state index contributed by atoms with van der Waals surface area (Å²) >= 11 is 0. The summed E-state index contributed by atoms with van der Waals surface area (Å²) in [4.78, 5) is 4.11. The molecule has 0 spiro atoms. The maximum atomic E-state index is 4.11. The monoisotopic (exact) mass is 164 g/mol. The largest absolute Gasteiger partial charge is 0.329 e. The highest BCUT2D eigenvalue weighted by Gasteiger charge is 2.00. The van der Waals surface area contributed by atoms with Gasteiger partial charge >= 0.3 is 0 Å². The highest BCUT2D eigenvalue weighted by atomic mass is 15.1. The van der Waals surface area contributed by atoms with E-state index in [2.05, 4.69) is 42.5 Å². The zero-order valence-corrected chi connectivity index (χ0v) is 7.99. The molecule has 1 rings (SSSR count). The average Bonchev–Trinajstić information content (AvgIpc) is 2.48. The zero-order valence-electron chi connectivity index (χ0n) is 7.99. The van der Waals surface area contributed by atoms with Crippen LogP contribution in [0.1, 0.15) is 38.9 Å². The van der Waals surface area contributed by atoms with Crippen molar-refractivity contribution in [3.63, 3.8) is 0 Å². The molecule has 0 aliphatic heterocycles. The van der Waals surface area contributed by atoms with Crippen LogP contribution in [0.5, 0.6) is 0 Å². The molecule has 0 fully saturated rings. The number of nitrogens with zero attached hydrogens (tertiary/aromatic N) is 2. The number of hydrogen-bond donors (Lipinski definition) is 0. The van der Waals surface area contributed by atoms with E-state index in [0.29, 0.717) is 6.04 Å². The smallest absolute Gasteiger partial charge is 0.0953 e. The molecule has 12 heavy (non-hydrogen) atoms. The van der Waals surface area contributed by atoms with E-state index in [4.69, 9.17) is 0 Å². The van der Waals surface area contributed by atoms with E-state index < -0.39 is 0 Å². The van der Waals surface area contributed by atoms with Gasteiger partial charge in [-0.15, -0.1) is 0 Å². The lowest BCUT2D eigenvalue weighted by Gasteiger charge is -2.08. The molecule has 2 heteroatoms. The van der Waals surface area contributed by atoms with Crippen LogP contribution in [0.4, 0.5) is 0 Å². The molecule has 1 aromatic rings. The van der Waals surface area contributed by atoms with E-state index in [1.165, 1.54) is 5.69 Å². The van der Waals surface area contributed by atoms with Crippen LogP contribution in [-0.2, 0) is 0 Å². The molecule has 0 aromatic carbocycles. The molecule has 0 atom stereocenters. The molecule has 1 heterocycles.